The van der Waals surface area contributed by atoms with Crippen LogP contribution < -0.4 is 0 Å². The van der Waals surface area contributed by atoms with Crippen LogP contribution in [0.2, 0.25) is 0 Å². The molecule has 0 aromatic carbocycles. The highest BCUT2D eigenvalue weighted by molar-refractivity contribution is 9.11. The Kier molecular flexibility index (Phi) is 6.64. The average molecular weight is 551 g/mol. The van der Waals surface area contributed by atoms with Crippen molar-refractivity contribution in [3.63, 3.8) is 0 Å². The maximum absolute atomic E-state index is 13.5. The first-order valence-corrected chi connectivity index (χ1v) is 14.2. The summed E-state index contributed by atoms with van der Waals surface area (Å²) in [5, 5.41) is 11.1. The van der Waals surface area contributed by atoms with Gasteiger partial charge in [-0.05, 0) is 60.8 Å². The second-order valence-corrected chi connectivity index (χ2v) is 12.8. The molecule has 0 aromatic rings. The third kappa shape index (κ3) is 3.30. The summed E-state index contributed by atoms with van der Waals surface area (Å²) >= 11 is 3.35. The highest BCUT2D eigenvalue weighted by Crippen LogP contribution is 2.82. The van der Waals surface area contributed by atoms with Gasteiger partial charge in [-0.25, -0.2) is 0 Å². The van der Waals surface area contributed by atoms with Crippen molar-refractivity contribution >= 4 is 28.2 Å². The minimum atomic E-state index is -1.19. The second kappa shape index (κ2) is 9.07. The molecule has 4 bridgehead atoms. The summed E-state index contributed by atoms with van der Waals surface area (Å²) in [7, 11) is 0. The Morgan fingerprint density at radius 3 is 2.77 bits per heavy atom. The van der Waals surface area contributed by atoms with Gasteiger partial charge in [-0.1, -0.05) is 60.8 Å². The lowest BCUT2D eigenvalue weighted by Gasteiger charge is -2.58. The number of halogens is 1. The number of hydrogen-bond donors (Lipinski definition) is 1. The number of rotatable bonds is 8. The average Bonchev–Trinajstić information content (AvgIpc) is 3.40. The van der Waals surface area contributed by atoms with E-state index in [9.17, 15) is 14.7 Å². The van der Waals surface area contributed by atoms with Gasteiger partial charge >= 0.3 is 5.97 Å². The Morgan fingerprint density at radius 2 is 2.11 bits per heavy atom. The molecule has 1 heterocycles. The van der Waals surface area contributed by atoms with Gasteiger partial charge in [-0.2, -0.15) is 0 Å². The second-order valence-electron chi connectivity index (χ2n) is 12.2. The molecule has 3 unspecified atom stereocenters. The molecule has 7 heteroatoms. The minimum Gasteiger partial charge on any atom is -0.481 e. The zero-order valence-electron chi connectivity index (χ0n) is 21.4. The number of carboxylic acid groups (broad SMARTS) is 1. The van der Waals surface area contributed by atoms with Crippen LogP contribution in [-0.2, 0) is 19.1 Å². The van der Waals surface area contributed by atoms with Crippen LogP contribution in [0.1, 0.15) is 53.4 Å². The predicted molar refractivity (Wildman–Crippen MR) is 137 cm³/mol. The number of aliphatic carboxylic acids is 1. The summed E-state index contributed by atoms with van der Waals surface area (Å²) in [6.45, 7) is 10.9. The molecular formula is C28H40BrNO5. The van der Waals surface area contributed by atoms with Crippen molar-refractivity contribution in [2.24, 2.45) is 45.8 Å². The van der Waals surface area contributed by atoms with Gasteiger partial charge in [0, 0.05) is 18.0 Å². The summed E-state index contributed by atoms with van der Waals surface area (Å²) < 4.78 is 12.6. The van der Waals surface area contributed by atoms with Gasteiger partial charge in [0.2, 0.25) is 0 Å². The Balaban J connectivity index is 1.52. The molecule has 3 saturated carbocycles. The molecule has 0 amide bonds. The number of carboxylic acids is 1. The Hall–Kier alpha value is -1.02. The van der Waals surface area contributed by atoms with E-state index in [4.69, 9.17) is 9.47 Å². The van der Waals surface area contributed by atoms with Gasteiger partial charge in [0.25, 0.3) is 0 Å². The lowest BCUT2D eigenvalue weighted by molar-refractivity contribution is -0.227. The molecule has 0 radical (unpaired) electrons. The monoisotopic (exact) mass is 549 g/mol. The van der Waals surface area contributed by atoms with Crippen molar-refractivity contribution < 1.29 is 24.2 Å². The van der Waals surface area contributed by atoms with Crippen molar-refractivity contribution in [2.75, 3.05) is 26.3 Å². The summed E-state index contributed by atoms with van der Waals surface area (Å²) in [6, 6.07) is 0.288. The third-order valence-corrected chi connectivity index (χ3v) is 11.0. The van der Waals surface area contributed by atoms with E-state index >= 15 is 0 Å². The summed E-state index contributed by atoms with van der Waals surface area (Å²) in [4.78, 5) is 30.8. The minimum absolute atomic E-state index is 0.0500. The first kappa shape index (κ1) is 25.6. The topological polar surface area (TPSA) is 76.1 Å². The number of aldehydes is 1. The number of carbonyl (C=O) groups is 2. The van der Waals surface area contributed by atoms with E-state index in [1.165, 1.54) is 0 Å². The van der Waals surface area contributed by atoms with Crippen LogP contribution in [0.25, 0.3) is 0 Å². The Bertz CT molecular complexity index is 934. The summed E-state index contributed by atoms with van der Waals surface area (Å²) in [5.41, 5.74) is -1.68. The number of morpholine rings is 1. The molecule has 1 N–H and O–H groups in total. The van der Waals surface area contributed by atoms with Crippen LogP contribution in [0.3, 0.4) is 0 Å². The van der Waals surface area contributed by atoms with Gasteiger partial charge in [0.15, 0.2) is 6.29 Å². The van der Waals surface area contributed by atoms with Gasteiger partial charge in [-0.15, -0.1) is 0 Å². The van der Waals surface area contributed by atoms with E-state index in [-0.39, 0.29) is 23.8 Å². The van der Waals surface area contributed by atoms with Gasteiger partial charge in [-0.3, -0.25) is 9.69 Å². The van der Waals surface area contributed by atoms with Crippen LogP contribution in [-0.4, -0.2) is 60.9 Å². The van der Waals surface area contributed by atoms with Crippen LogP contribution in [0.5, 0.6) is 0 Å². The first-order valence-electron chi connectivity index (χ1n) is 13.3. The van der Waals surface area contributed by atoms with Crippen LogP contribution in [0, 0.1) is 45.8 Å². The molecule has 6 nitrogen and oxygen atoms in total. The van der Waals surface area contributed by atoms with Crippen LogP contribution >= 0.6 is 15.9 Å². The maximum Gasteiger partial charge on any atom is 0.315 e. The standard InChI is InChI=1S/C28H40BrNO5/c1-17(2)23-10-20-11-26(15-31)22-7-6-18(3)21(22)12-27(20,28(23,26)25(32)33)16-35-24-13-30(9-5-8-29)19(4)14-34-24/h5,8,10,15,17-22,24H,6-7,9,11-14,16H2,1-4H3,(H,32,33)/b8-5+/t18-,19-,20?,21-,22-,24+,26?,27?,28+/m1/s1. The Morgan fingerprint density at radius 1 is 1.34 bits per heavy atom. The van der Waals surface area contributed by atoms with E-state index in [2.05, 4.69) is 60.7 Å². The molecule has 0 aromatic heterocycles. The number of carbonyl (C=O) groups excluding carboxylic acids is 1. The first-order chi connectivity index (χ1) is 16.7. The molecule has 4 fully saturated rings. The van der Waals surface area contributed by atoms with E-state index < -0.39 is 28.5 Å². The fourth-order valence-corrected chi connectivity index (χ4v) is 9.35. The van der Waals surface area contributed by atoms with Crippen molar-refractivity contribution in [1.82, 2.24) is 4.90 Å². The van der Waals surface area contributed by atoms with Crippen LogP contribution in [0.15, 0.2) is 22.7 Å². The number of allylic oxidation sites excluding steroid dienone is 1. The fourth-order valence-electron chi connectivity index (χ4n) is 9.18. The number of ether oxygens (including phenoxy) is 2. The molecule has 1 saturated heterocycles. The number of fused-ring (bicyclic) bond motifs is 2. The van der Waals surface area contributed by atoms with E-state index in [1.54, 1.807) is 0 Å². The Labute approximate surface area is 217 Å². The zero-order valence-corrected chi connectivity index (χ0v) is 23.0. The van der Waals surface area contributed by atoms with E-state index in [0.717, 1.165) is 37.7 Å². The van der Waals surface area contributed by atoms with Crippen LogP contribution in [0.4, 0.5) is 0 Å². The van der Waals surface area contributed by atoms with Gasteiger partial charge in [0.1, 0.15) is 11.7 Å². The number of hydrogen-bond acceptors (Lipinski definition) is 5. The normalized spacial score (nSPS) is 46.9. The van der Waals surface area contributed by atoms with E-state index in [1.807, 2.05) is 4.99 Å². The fraction of sp³-hybridized carbons (Fsp3) is 0.786. The molecule has 5 rings (SSSR count). The lowest BCUT2D eigenvalue weighted by Crippen LogP contribution is -2.64. The van der Waals surface area contributed by atoms with Crippen molar-refractivity contribution in [1.29, 1.82) is 0 Å². The molecule has 194 valence electrons. The smallest absolute Gasteiger partial charge is 0.315 e. The quantitative estimate of drug-likeness (QED) is 0.343. The predicted octanol–water partition coefficient (Wildman–Crippen LogP) is 4.88. The molecule has 9 atom stereocenters. The lowest BCUT2D eigenvalue weighted by atomic mass is 9.43. The van der Waals surface area contributed by atoms with Crippen molar-refractivity contribution in [3.8, 4) is 0 Å². The van der Waals surface area contributed by atoms with Gasteiger partial charge in [0.05, 0.1) is 25.2 Å². The van der Waals surface area contributed by atoms with Crippen molar-refractivity contribution in [2.45, 2.75) is 65.7 Å². The summed E-state index contributed by atoms with van der Waals surface area (Å²) in [6.07, 6.45) is 8.45. The molecule has 4 aliphatic carbocycles. The molecule has 1 aliphatic heterocycles. The van der Waals surface area contributed by atoms with E-state index in [0.29, 0.717) is 38.0 Å². The van der Waals surface area contributed by atoms with Crippen molar-refractivity contribution in [3.05, 3.63) is 22.7 Å². The highest BCUT2D eigenvalue weighted by atomic mass is 79.9. The molecule has 5 aliphatic rings. The molecule has 35 heavy (non-hydrogen) atoms. The molecule has 0 spiro atoms. The number of nitrogens with zero attached hydrogens (tertiary/aromatic N) is 1. The SMILES string of the molecule is CC(C)C1=CC2CC3(C=O)[C@@H]4CC[C@@H](C)[C@H]4CC2(CO[C@H]2CN(C/C=C/Br)[C@H](C)CO2)[C@]13C(=O)O. The highest BCUT2D eigenvalue weighted by Gasteiger charge is 2.84. The molecular weight excluding hydrogens is 510 g/mol. The largest absolute Gasteiger partial charge is 0.481 e. The summed E-state index contributed by atoms with van der Waals surface area (Å²) in [5.74, 6) is 0.313. The van der Waals surface area contributed by atoms with Gasteiger partial charge < -0.3 is 19.4 Å². The maximum atomic E-state index is 13.5. The third-order valence-electron chi connectivity index (χ3n) is 10.6. The zero-order chi connectivity index (χ0) is 25.2.